The van der Waals surface area contributed by atoms with Crippen LogP contribution >= 0.6 is 0 Å². The van der Waals surface area contributed by atoms with E-state index in [1.807, 2.05) is 0 Å². The maximum Gasteiger partial charge on any atom is 0.340 e. The summed E-state index contributed by atoms with van der Waals surface area (Å²) in [5, 5.41) is 0. The van der Waals surface area contributed by atoms with Crippen molar-refractivity contribution in [3.8, 4) is 0 Å². The molecule has 1 aromatic rings. The van der Waals surface area contributed by atoms with Crippen LogP contribution in [-0.2, 0) is 4.74 Å². The molecular formula is C12H17N3O2. The van der Waals surface area contributed by atoms with Crippen LogP contribution in [0.25, 0.3) is 0 Å². The molecule has 1 saturated heterocycles. The highest BCUT2D eigenvalue weighted by Crippen LogP contribution is 2.28. The fraction of sp³-hybridized carbons (Fsp3) is 0.500. The Hall–Kier alpha value is -1.78. The molecule has 2 rings (SSSR count). The molecule has 0 saturated carbocycles. The van der Waals surface area contributed by atoms with Crippen molar-refractivity contribution in [2.45, 2.75) is 13.3 Å². The van der Waals surface area contributed by atoms with Crippen LogP contribution in [-0.4, -0.2) is 31.2 Å². The molecule has 0 radical (unpaired) electrons. The van der Waals surface area contributed by atoms with Gasteiger partial charge in [-0.25, -0.2) is 9.78 Å². The molecule has 5 nitrogen and oxygen atoms in total. The zero-order valence-electron chi connectivity index (χ0n) is 10.1. The van der Waals surface area contributed by atoms with Gasteiger partial charge < -0.3 is 15.4 Å². The van der Waals surface area contributed by atoms with Gasteiger partial charge >= 0.3 is 5.97 Å². The second-order valence-electron chi connectivity index (χ2n) is 4.43. The van der Waals surface area contributed by atoms with Crippen molar-refractivity contribution in [1.29, 1.82) is 0 Å². The third-order valence-electron chi connectivity index (χ3n) is 3.10. The number of esters is 1. The van der Waals surface area contributed by atoms with Gasteiger partial charge in [0.05, 0.1) is 18.4 Å². The molecule has 1 atom stereocenters. The number of aromatic nitrogens is 1. The monoisotopic (exact) mass is 235 g/mol. The van der Waals surface area contributed by atoms with Gasteiger partial charge in [0.15, 0.2) is 5.82 Å². The van der Waals surface area contributed by atoms with Crippen LogP contribution in [0, 0.1) is 5.92 Å². The zero-order chi connectivity index (χ0) is 12.4. The first-order chi connectivity index (χ1) is 8.13. The first-order valence-corrected chi connectivity index (χ1v) is 5.71. The fourth-order valence-corrected chi connectivity index (χ4v) is 2.13. The Morgan fingerprint density at radius 2 is 2.41 bits per heavy atom. The van der Waals surface area contributed by atoms with E-state index in [0.717, 1.165) is 19.5 Å². The Kier molecular flexibility index (Phi) is 3.17. The quantitative estimate of drug-likeness (QED) is 0.782. The van der Waals surface area contributed by atoms with Crippen molar-refractivity contribution in [3.63, 3.8) is 0 Å². The number of nitrogens with zero attached hydrogens (tertiary/aromatic N) is 2. The number of anilines is 2. The van der Waals surface area contributed by atoms with Gasteiger partial charge in [-0.2, -0.15) is 0 Å². The van der Waals surface area contributed by atoms with E-state index in [9.17, 15) is 4.79 Å². The second-order valence-corrected chi connectivity index (χ2v) is 4.43. The molecule has 1 unspecified atom stereocenters. The van der Waals surface area contributed by atoms with Gasteiger partial charge in [-0.15, -0.1) is 0 Å². The molecular weight excluding hydrogens is 218 g/mol. The van der Waals surface area contributed by atoms with Crippen LogP contribution in [0.2, 0.25) is 0 Å². The number of nitrogen functional groups attached to an aromatic ring is 1. The van der Waals surface area contributed by atoms with Crippen molar-refractivity contribution in [2.75, 3.05) is 30.8 Å². The SMILES string of the molecule is COC(=O)c1ccnc(N2CCC(C)C2)c1N. The van der Waals surface area contributed by atoms with E-state index in [-0.39, 0.29) is 0 Å². The van der Waals surface area contributed by atoms with Crippen molar-refractivity contribution >= 4 is 17.5 Å². The molecule has 0 aromatic carbocycles. The topological polar surface area (TPSA) is 68.5 Å². The molecule has 1 fully saturated rings. The zero-order valence-corrected chi connectivity index (χ0v) is 10.1. The molecule has 5 heteroatoms. The van der Waals surface area contributed by atoms with E-state index < -0.39 is 5.97 Å². The lowest BCUT2D eigenvalue weighted by atomic mass is 10.2. The number of pyridine rings is 1. The van der Waals surface area contributed by atoms with Gasteiger partial charge in [-0.05, 0) is 18.4 Å². The molecule has 1 aliphatic rings. The normalized spacial score (nSPS) is 19.4. The molecule has 0 bridgehead atoms. The van der Waals surface area contributed by atoms with Crippen LogP contribution in [0.3, 0.4) is 0 Å². The molecule has 1 aliphatic heterocycles. The summed E-state index contributed by atoms with van der Waals surface area (Å²) in [6.07, 6.45) is 2.73. The minimum absolute atomic E-state index is 0.386. The Morgan fingerprint density at radius 3 is 3.00 bits per heavy atom. The average molecular weight is 235 g/mol. The van der Waals surface area contributed by atoms with Gasteiger partial charge in [0.1, 0.15) is 0 Å². The van der Waals surface area contributed by atoms with Crippen LogP contribution in [0.4, 0.5) is 11.5 Å². The van der Waals surface area contributed by atoms with Gasteiger partial charge in [-0.3, -0.25) is 0 Å². The van der Waals surface area contributed by atoms with Crippen LogP contribution in [0.1, 0.15) is 23.7 Å². The summed E-state index contributed by atoms with van der Waals surface area (Å²) in [7, 11) is 1.35. The second kappa shape index (κ2) is 4.61. The van der Waals surface area contributed by atoms with E-state index in [2.05, 4.69) is 16.8 Å². The summed E-state index contributed by atoms with van der Waals surface area (Å²) in [5.74, 6) is 0.911. The number of rotatable bonds is 2. The van der Waals surface area contributed by atoms with Crippen molar-refractivity contribution in [1.82, 2.24) is 4.98 Å². The molecule has 0 spiro atoms. The number of hydrogen-bond donors (Lipinski definition) is 1. The van der Waals surface area contributed by atoms with Crippen LogP contribution < -0.4 is 10.6 Å². The maximum absolute atomic E-state index is 11.5. The average Bonchev–Trinajstić information content (AvgIpc) is 2.75. The van der Waals surface area contributed by atoms with Crippen molar-refractivity contribution in [3.05, 3.63) is 17.8 Å². The maximum atomic E-state index is 11.5. The highest BCUT2D eigenvalue weighted by Gasteiger charge is 2.23. The molecule has 1 aromatic heterocycles. The number of carbonyl (C=O) groups is 1. The third kappa shape index (κ3) is 2.18. The summed E-state index contributed by atoms with van der Waals surface area (Å²) in [4.78, 5) is 17.9. The Labute approximate surface area is 101 Å². The molecule has 17 heavy (non-hydrogen) atoms. The lowest BCUT2D eigenvalue weighted by molar-refractivity contribution is 0.0602. The lowest BCUT2D eigenvalue weighted by Crippen LogP contribution is -2.22. The van der Waals surface area contributed by atoms with E-state index in [1.165, 1.54) is 7.11 Å². The fourth-order valence-electron chi connectivity index (χ4n) is 2.13. The van der Waals surface area contributed by atoms with Gasteiger partial charge in [0.2, 0.25) is 0 Å². The van der Waals surface area contributed by atoms with Gasteiger partial charge in [0, 0.05) is 19.3 Å². The molecule has 2 heterocycles. The molecule has 0 aliphatic carbocycles. The van der Waals surface area contributed by atoms with Crippen molar-refractivity contribution in [2.24, 2.45) is 5.92 Å². The number of carbonyl (C=O) groups excluding carboxylic acids is 1. The lowest BCUT2D eigenvalue weighted by Gasteiger charge is -2.19. The standard InChI is InChI=1S/C12H17N3O2/c1-8-4-6-15(7-8)11-10(13)9(3-5-14-11)12(16)17-2/h3,5,8H,4,6-7,13H2,1-2H3. The summed E-state index contributed by atoms with van der Waals surface area (Å²) >= 11 is 0. The highest BCUT2D eigenvalue weighted by molar-refractivity contribution is 5.97. The number of nitrogens with two attached hydrogens (primary N) is 1. The first kappa shape index (κ1) is 11.7. The van der Waals surface area contributed by atoms with Crippen molar-refractivity contribution < 1.29 is 9.53 Å². The summed E-state index contributed by atoms with van der Waals surface area (Å²) in [6, 6.07) is 1.59. The Morgan fingerprint density at radius 1 is 1.65 bits per heavy atom. The van der Waals surface area contributed by atoms with E-state index in [0.29, 0.717) is 23.0 Å². The molecule has 92 valence electrons. The van der Waals surface area contributed by atoms with Gasteiger partial charge in [-0.1, -0.05) is 6.92 Å². The number of hydrogen-bond acceptors (Lipinski definition) is 5. The van der Waals surface area contributed by atoms with Gasteiger partial charge in [0.25, 0.3) is 0 Å². The predicted molar refractivity (Wildman–Crippen MR) is 66.0 cm³/mol. The first-order valence-electron chi connectivity index (χ1n) is 5.71. The van der Waals surface area contributed by atoms with E-state index >= 15 is 0 Å². The predicted octanol–water partition coefficient (Wildman–Crippen LogP) is 1.30. The summed E-state index contributed by atoms with van der Waals surface area (Å²) in [6.45, 7) is 4.06. The molecule has 0 amide bonds. The molecule has 2 N–H and O–H groups in total. The minimum Gasteiger partial charge on any atom is -0.465 e. The highest BCUT2D eigenvalue weighted by atomic mass is 16.5. The van der Waals surface area contributed by atoms with Crippen LogP contribution in [0.5, 0.6) is 0 Å². The summed E-state index contributed by atoms with van der Waals surface area (Å²) < 4.78 is 4.69. The Bertz CT molecular complexity index is 434. The number of ether oxygens (including phenoxy) is 1. The number of methoxy groups -OCH3 is 1. The smallest absolute Gasteiger partial charge is 0.340 e. The van der Waals surface area contributed by atoms with Crippen LogP contribution in [0.15, 0.2) is 12.3 Å². The van der Waals surface area contributed by atoms with E-state index in [4.69, 9.17) is 10.5 Å². The minimum atomic E-state index is -0.418. The third-order valence-corrected chi connectivity index (χ3v) is 3.10. The largest absolute Gasteiger partial charge is 0.465 e. The summed E-state index contributed by atoms with van der Waals surface area (Å²) in [5.41, 5.74) is 6.78. The Balaban J connectivity index is 2.32. The van der Waals surface area contributed by atoms with E-state index in [1.54, 1.807) is 12.3 Å².